The molecule has 3 aromatic carbocycles. The van der Waals surface area contributed by atoms with Crippen molar-refractivity contribution in [1.29, 1.82) is 5.26 Å². The predicted molar refractivity (Wildman–Crippen MR) is 155 cm³/mol. The van der Waals surface area contributed by atoms with Crippen LogP contribution in [0.1, 0.15) is 29.2 Å². The fourth-order valence-corrected chi connectivity index (χ4v) is 5.84. The molecule has 1 aliphatic rings. The molecule has 0 amide bonds. The van der Waals surface area contributed by atoms with E-state index >= 15 is 0 Å². The molecule has 42 heavy (non-hydrogen) atoms. The number of nitrogens with zero attached hydrogens (tertiary/aromatic N) is 3. The van der Waals surface area contributed by atoms with Gasteiger partial charge in [-0.15, -0.1) is 0 Å². The smallest absolute Gasteiger partial charge is 0.270 e. The number of aromatic nitrogens is 1. The first-order chi connectivity index (χ1) is 20.2. The topological polar surface area (TPSA) is 167 Å². The second-order valence-electron chi connectivity index (χ2n) is 9.79. The molecular weight excluding hydrogens is 558 g/mol. The summed E-state index contributed by atoms with van der Waals surface area (Å²) in [5, 5.41) is 34.0. The second kappa shape index (κ2) is 12.4. The Labute approximate surface area is 242 Å². The largest absolute Gasteiger partial charge is 0.489 e. The van der Waals surface area contributed by atoms with Crippen molar-refractivity contribution in [3.8, 4) is 22.9 Å². The van der Waals surface area contributed by atoms with Gasteiger partial charge in [0.2, 0.25) is 0 Å². The fourth-order valence-electron chi connectivity index (χ4n) is 4.71. The Hall–Kier alpha value is -4.83. The van der Waals surface area contributed by atoms with Gasteiger partial charge in [0.25, 0.3) is 15.7 Å². The molecule has 0 spiro atoms. The van der Waals surface area contributed by atoms with Crippen molar-refractivity contribution in [1.82, 2.24) is 10.3 Å². The summed E-state index contributed by atoms with van der Waals surface area (Å²) >= 11 is 0. The molecule has 1 aromatic heterocycles. The minimum absolute atomic E-state index is 0.0178. The SMILES string of the molecule is N#Cc1cc([N+](=O)[O-])ccc1NS(=O)(=O)c1cccc(-c2ccc3c(c2)CC[C@H](CNC[C@H](O)c2cccnc2)O3)c1. The molecule has 4 aromatic rings. The number of anilines is 1. The van der Waals surface area contributed by atoms with Gasteiger partial charge in [0, 0.05) is 43.2 Å². The van der Waals surface area contributed by atoms with Crippen molar-refractivity contribution in [2.24, 2.45) is 0 Å². The molecule has 3 N–H and O–H groups in total. The molecule has 0 radical (unpaired) electrons. The first-order valence-corrected chi connectivity index (χ1v) is 14.6. The molecule has 0 bridgehead atoms. The predicted octanol–water partition coefficient (Wildman–Crippen LogP) is 4.35. The van der Waals surface area contributed by atoms with Crippen LogP contribution in [0.3, 0.4) is 0 Å². The van der Waals surface area contributed by atoms with Gasteiger partial charge in [0.15, 0.2) is 0 Å². The molecule has 2 heterocycles. The lowest BCUT2D eigenvalue weighted by Gasteiger charge is -2.27. The summed E-state index contributed by atoms with van der Waals surface area (Å²) in [6.45, 7) is 0.959. The van der Waals surface area contributed by atoms with Gasteiger partial charge < -0.3 is 15.2 Å². The Bertz CT molecular complexity index is 1760. The van der Waals surface area contributed by atoms with E-state index in [0.717, 1.165) is 47.4 Å². The highest BCUT2D eigenvalue weighted by Gasteiger charge is 2.22. The Morgan fingerprint density at radius 3 is 2.71 bits per heavy atom. The van der Waals surface area contributed by atoms with Crippen LogP contribution in [0, 0.1) is 21.4 Å². The van der Waals surface area contributed by atoms with Crippen molar-refractivity contribution in [3.63, 3.8) is 0 Å². The Morgan fingerprint density at radius 2 is 1.95 bits per heavy atom. The zero-order valence-corrected chi connectivity index (χ0v) is 23.1. The van der Waals surface area contributed by atoms with Crippen molar-refractivity contribution < 1.29 is 23.2 Å². The van der Waals surface area contributed by atoms with Crippen LogP contribution >= 0.6 is 0 Å². The number of hydrogen-bond donors (Lipinski definition) is 3. The minimum atomic E-state index is -4.09. The number of fused-ring (bicyclic) bond motifs is 1. The second-order valence-corrected chi connectivity index (χ2v) is 11.5. The van der Waals surface area contributed by atoms with E-state index in [1.54, 1.807) is 36.7 Å². The van der Waals surface area contributed by atoms with E-state index < -0.39 is 21.1 Å². The number of nitrogens with one attached hydrogen (secondary N) is 2. The lowest BCUT2D eigenvalue weighted by atomic mass is 9.97. The van der Waals surface area contributed by atoms with Gasteiger partial charge in [-0.2, -0.15) is 5.26 Å². The monoisotopic (exact) mass is 585 g/mol. The molecule has 0 aliphatic carbocycles. The number of aliphatic hydroxyl groups is 1. The molecule has 214 valence electrons. The molecular formula is C30H27N5O6S. The number of non-ortho nitro benzene ring substituents is 1. The van der Waals surface area contributed by atoms with E-state index in [9.17, 15) is 28.9 Å². The number of nitro benzene ring substituents is 1. The van der Waals surface area contributed by atoms with Crippen molar-refractivity contribution in [2.45, 2.75) is 29.9 Å². The van der Waals surface area contributed by atoms with Crippen LogP contribution < -0.4 is 14.8 Å². The number of sulfonamides is 1. The van der Waals surface area contributed by atoms with E-state index in [1.165, 1.54) is 18.2 Å². The van der Waals surface area contributed by atoms with Crippen LogP contribution in [-0.2, 0) is 16.4 Å². The molecule has 1 aliphatic heterocycles. The first kappa shape index (κ1) is 28.7. The van der Waals surface area contributed by atoms with E-state index in [0.29, 0.717) is 18.7 Å². The lowest BCUT2D eigenvalue weighted by molar-refractivity contribution is -0.384. The lowest BCUT2D eigenvalue weighted by Crippen LogP contribution is -2.36. The zero-order chi connectivity index (χ0) is 29.7. The van der Waals surface area contributed by atoms with Crippen molar-refractivity contribution >= 4 is 21.4 Å². The highest BCUT2D eigenvalue weighted by molar-refractivity contribution is 7.92. The number of pyridine rings is 1. The number of rotatable bonds is 10. The third-order valence-electron chi connectivity index (χ3n) is 6.93. The van der Waals surface area contributed by atoms with Gasteiger partial charge in [0.1, 0.15) is 17.9 Å². The standard InChI is InChI=1S/C30H27N5O6S/c31-16-24-14-25(35(37)38)8-10-28(24)34-42(39,40)27-5-1-3-20(15-27)21-7-11-30-22(13-21)6-9-26(41-30)18-33-19-29(36)23-4-2-12-32-17-23/h1-5,7-8,10-15,17,26,29,33-34,36H,6,9,18-19H2/t26-,29+/m1/s1. The number of nitro groups is 1. The zero-order valence-electron chi connectivity index (χ0n) is 22.3. The van der Waals surface area contributed by atoms with Gasteiger partial charge in [-0.25, -0.2) is 8.42 Å². The Morgan fingerprint density at radius 1 is 1.12 bits per heavy atom. The summed E-state index contributed by atoms with van der Waals surface area (Å²) in [7, 11) is -4.09. The molecule has 2 atom stereocenters. The van der Waals surface area contributed by atoms with Gasteiger partial charge in [-0.05, 0) is 65.9 Å². The third kappa shape index (κ3) is 6.55. The maximum absolute atomic E-state index is 13.2. The molecule has 0 saturated carbocycles. The number of aliphatic hydroxyl groups excluding tert-OH is 1. The number of ether oxygens (including phenoxy) is 1. The van der Waals surface area contributed by atoms with Crippen molar-refractivity contribution in [3.05, 3.63) is 112 Å². The highest BCUT2D eigenvalue weighted by Crippen LogP contribution is 2.33. The number of hydrogen-bond acceptors (Lipinski definition) is 9. The Kier molecular flexibility index (Phi) is 8.44. The van der Waals surface area contributed by atoms with Gasteiger partial charge in [-0.3, -0.25) is 19.8 Å². The summed E-state index contributed by atoms with van der Waals surface area (Å²) in [4.78, 5) is 14.4. The molecule has 11 nitrogen and oxygen atoms in total. The van der Waals surface area contributed by atoms with Gasteiger partial charge in [-0.1, -0.05) is 24.3 Å². The quantitative estimate of drug-likeness (QED) is 0.181. The molecule has 0 saturated heterocycles. The van der Waals surface area contributed by atoms with Gasteiger partial charge >= 0.3 is 0 Å². The summed E-state index contributed by atoms with van der Waals surface area (Å²) in [5.41, 5.74) is 2.74. The number of aryl methyl sites for hydroxylation is 1. The van der Waals surface area contributed by atoms with Crippen LogP contribution in [0.5, 0.6) is 5.75 Å². The summed E-state index contributed by atoms with van der Waals surface area (Å²) in [6.07, 6.45) is 4.15. The summed E-state index contributed by atoms with van der Waals surface area (Å²) in [6, 6.07) is 20.9. The van der Waals surface area contributed by atoms with Gasteiger partial charge in [0.05, 0.1) is 27.2 Å². The molecule has 5 rings (SSSR count). The average molecular weight is 586 g/mol. The van der Waals surface area contributed by atoms with Crippen LogP contribution in [0.25, 0.3) is 11.1 Å². The highest BCUT2D eigenvalue weighted by atomic mass is 32.2. The number of benzene rings is 3. The van der Waals surface area contributed by atoms with E-state index in [4.69, 9.17) is 4.74 Å². The van der Waals surface area contributed by atoms with Crippen molar-refractivity contribution in [2.75, 3.05) is 17.8 Å². The maximum Gasteiger partial charge on any atom is 0.270 e. The molecule has 0 unspecified atom stereocenters. The third-order valence-corrected chi connectivity index (χ3v) is 8.29. The number of nitriles is 1. The Balaban J connectivity index is 1.25. The summed E-state index contributed by atoms with van der Waals surface area (Å²) < 4.78 is 34.8. The van der Waals surface area contributed by atoms with Crippen LogP contribution in [0.4, 0.5) is 11.4 Å². The maximum atomic E-state index is 13.2. The first-order valence-electron chi connectivity index (χ1n) is 13.1. The normalized spacial score (nSPS) is 15.1. The van der Waals surface area contributed by atoms with Crippen LogP contribution in [0.15, 0.2) is 90.1 Å². The minimum Gasteiger partial charge on any atom is -0.489 e. The average Bonchev–Trinajstić information content (AvgIpc) is 3.01. The summed E-state index contributed by atoms with van der Waals surface area (Å²) in [5.74, 6) is 0.761. The van der Waals surface area contributed by atoms with E-state index in [1.807, 2.05) is 24.3 Å². The fraction of sp³-hybridized carbons (Fsp3) is 0.200. The van der Waals surface area contributed by atoms with E-state index in [2.05, 4.69) is 15.0 Å². The van der Waals surface area contributed by atoms with E-state index in [-0.39, 0.29) is 27.9 Å². The van der Waals surface area contributed by atoms with Crippen LogP contribution in [-0.4, -0.2) is 42.6 Å². The van der Waals surface area contributed by atoms with Crippen LogP contribution in [0.2, 0.25) is 0 Å². The molecule has 0 fully saturated rings. The molecule has 12 heteroatoms.